The monoisotopic (exact) mass is 386 g/mol. The number of unbranched alkanes of at least 4 members (excludes halogenated alkanes) is 9. The van der Waals surface area contributed by atoms with Crippen molar-refractivity contribution in [1.29, 1.82) is 10.5 Å². The molecule has 0 unspecified atom stereocenters. The minimum absolute atomic E-state index is 1.11. The molecule has 0 aromatic carbocycles. The number of imidazole rings is 1. The van der Waals surface area contributed by atoms with Crippen molar-refractivity contribution in [3.8, 4) is 12.1 Å². The second-order valence-electron chi connectivity index (χ2n) is 5.64. The summed E-state index contributed by atoms with van der Waals surface area (Å²) in [5.74, 6) is 1.14. The topological polar surface area (TPSA) is 151 Å². The Morgan fingerprint density at radius 2 is 1.38 bits per heavy atom. The molecule has 0 spiro atoms. The first-order valence-corrected chi connectivity index (χ1v) is 10.2. The fourth-order valence-corrected chi connectivity index (χ4v) is 2.21. The van der Waals surface area contributed by atoms with Crippen LogP contribution in [0.15, 0.2) is 12.4 Å². The Morgan fingerprint density at radius 1 is 0.962 bits per heavy atom. The first kappa shape index (κ1) is 26.3. The van der Waals surface area contributed by atoms with E-state index in [1.807, 2.05) is 12.4 Å². The standard InChI is InChI=1S/C15H28N2.C2N2.H2O4S/c1-2-3-4-5-6-7-8-9-10-11-12-15-16-13-14-17-15;3-1-2-4;1-5(2,3)4/h13-14H,2-12H2,1H3,(H,16,17);;(H2,1,2,3,4). The molecule has 1 aromatic heterocycles. The molecule has 1 heterocycles. The fraction of sp³-hybridized carbons (Fsp3) is 0.706. The minimum atomic E-state index is -4.67. The number of H-pyrrole nitrogens is 1. The third-order valence-electron chi connectivity index (χ3n) is 3.37. The van der Waals surface area contributed by atoms with E-state index in [9.17, 15) is 0 Å². The number of aryl methyl sites for hydroxylation is 1. The molecule has 3 N–H and O–H groups in total. The maximum atomic E-state index is 8.74. The maximum absolute atomic E-state index is 8.74. The molecule has 0 atom stereocenters. The van der Waals surface area contributed by atoms with E-state index in [2.05, 4.69) is 16.9 Å². The summed E-state index contributed by atoms with van der Waals surface area (Å²) in [5.41, 5.74) is 0. The second kappa shape index (κ2) is 19.4. The molecule has 0 radical (unpaired) electrons. The fourth-order valence-electron chi connectivity index (χ4n) is 2.21. The van der Waals surface area contributed by atoms with Gasteiger partial charge in [-0.15, -0.1) is 0 Å². The number of nitrogens with zero attached hydrogens (tertiary/aromatic N) is 3. The summed E-state index contributed by atoms with van der Waals surface area (Å²) in [4.78, 5) is 7.39. The average Bonchev–Trinajstić information content (AvgIpc) is 3.09. The van der Waals surface area contributed by atoms with Crippen molar-refractivity contribution >= 4 is 10.4 Å². The maximum Gasteiger partial charge on any atom is 0.394 e. The van der Waals surface area contributed by atoms with Gasteiger partial charge in [-0.1, -0.05) is 64.7 Å². The summed E-state index contributed by atoms with van der Waals surface area (Å²) in [7, 11) is -4.67. The summed E-state index contributed by atoms with van der Waals surface area (Å²) >= 11 is 0. The molecule has 0 amide bonds. The van der Waals surface area contributed by atoms with Gasteiger partial charge in [0.05, 0.1) is 0 Å². The highest BCUT2D eigenvalue weighted by Gasteiger charge is 1.95. The third kappa shape index (κ3) is 30.0. The van der Waals surface area contributed by atoms with Gasteiger partial charge in [0.1, 0.15) is 5.82 Å². The summed E-state index contributed by atoms with van der Waals surface area (Å²) in [6.45, 7) is 2.28. The van der Waals surface area contributed by atoms with Crippen LogP contribution in [0.4, 0.5) is 0 Å². The predicted octanol–water partition coefficient (Wildman–Crippen LogP) is 4.25. The molecular formula is C17H30N4O4S. The molecule has 9 heteroatoms. The van der Waals surface area contributed by atoms with E-state index in [4.69, 9.17) is 28.0 Å². The number of aromatic nitrogens is 2. The van der Waals surface area contributed by atoms with Gasteiger partial charge in [-0.3, -0.25) is 9.11 Å². The van der Waals surface area contributed by atoms with Crippen LogP contribution in [0, 0.1) is 22.7 Å². The van der Waals surface area contributed by atoms with Gasteiger partial charge in [0.25, 0.3) is 0 Å². The summed E-state index contributed by atoms with van der Waals surface area (Å²) in [6.07, 6.45) is 18.9. The molecule has 1 rings (SSSR count). The van der Waals surface area contributed by atoms with Gasteiger partial charge in [-0.2, -0.15) is 18.9 Å². The van der Waals surface area contributed by atoms with Crippen LogP contribution in [-0.2, 0) is 16.8 Å². The van der Waals surface area contributed by atoms with E-state index in [0.29, 0.717) is 0 Å². The third-order valence-corrected chi connectivity index (χ3v) is 3.37. The van der Waals surface area contributed by atoms with Crippen LogP contribution in [-0.4, -0.2) is 27.5 Å². The quantitative estimate of drug-likeness (QED) is 0.379. The molecule has 0 saturated carbocycles. The number of aromatic amines is 1. The van der Waals surface area contributed by atoms with Crippen molar-refractivity contribution in [1.82, 2.24) is 9.97 Å². The van der Waals surface area contributed by atoms with Crippen LogP contribution in [0.5, 0.6) is 0 Å². The molecule has 0 bridgehead atoms. The van der Waals surface area contributed by atoms with Gasteiger partial charge >= 0.3 is 10.4 Å². The van der Waals surface area contributed by atoms with Crippen molar-refractivity contribution in [3.05, 3.63) is 18.2 Å². The molecule has 148 valence electrons. The molecule has 0 aliphatic heterocycles. The second-order valence-corrected chi connectivity index (χ2v) is 6.53. The lowest BCUT2D eigenvalue weighted by atomic mass is 10.1. The van der Waals surface area contributed by atoms with Crippen LogP contribution in [0.25, 0.3) is 0 Å². The number of hydrogen-bond acceptors (Lipinski definition) is 5. The van der Waals surface area contributed by atoms with Gasteiger partial charge in [0.15, 0.2) is 12.1 Å². The average molecular weight is 387 g/mol. The summed E-state index contributed by atoms with van der Waals surface area (Å²) < 4.78 is 31.6. The predicted molar refractivity (Wildman–Crippen MR) is 99.5 cm³/mol. The van der Waals surface area contributed by atoms with E-state index in [-0.39, 0.29) is 0 Å². The largest absolute Gasteiger partial charge is 0.394 e. The van der Waals surface area contributed by atoms with Gasteiger partial charge in [-0.25, -0.2) is 4.98 Å². The van der Waals surface area contributed by atoms with E-state index < -0.39 is 10.4 Å². The van der Waals surface area contributed by atoms with Gasteiger partial charge in [0, 0.05) is 18.8 Å². The molecule has 0 saturated heterocycles. The van der Waals surface area contributed by atoms with Crippen molar-refractivity contribution in [3.63, 3.8) is 0 Å². The SMILES string of the molecule is CCCCCCCCCCCCc1ncc[nH]1.N#CC#N.O=S(=O)(O)O. The van der Waals surface area contributed by atoms with E-state index in [1.165, 1.54) is 76.3 Å². The number of rotatable bonds is 11. The van der Waals surface area contributed by atoms with Crippen LogP contribution < -0.4 is 0 Å². The zero-order valence-electron chi connectivity index (χ0n) is 15.4. The lowest BCUT2D eigenvalue weighted by Gasteiger charge is -2.01. The Hall–Kier alpha value is -1.94. The first-order chi connectivity index (χ1) is 12.3. The van der Waals surface area contributed by atoms with Gasteiger partial charge in [0.2, 0.25) is 0 Å². The number of hydrogen-bond donors (Lipinski definition) is 3. The molecule has 26 heavy (non-hydrogen) atoms. The highest BCUT2D eigenvalue weighted by atomic mass is 32.3. The van der Waals surface area contributed by atoms with Crippen LogP contribution in [0.1, 0.15) is 77.0 Å². The zero-order chi connectivity index (χ0) is 20.1. The van der Waals surface area contributed by atoms with Crippen molar-refractivity contribution in [2.24, 2.45) is 0 Å². The smallest absolute Gasteiger partial charge is 0.349 e. The van der Waals surface area contributed by atoms with Gasteiger partial charge < -0.3 is 4.98 Å². The summed E-state index contributed by atoms with van der Waals surface area (Å²) in [6, 6.07) is 2.47. The molecule has 8 nitrogen and oxygen atoms in total. The van der Waals surface area contributed by atoms with E-state index in [0.717, 1.165) is 12.2 Å². The normalized spacial score (nSPS) is 9.73. The molecule has 0 fully saturated rings. The Bertz CT molecular complexity index is 569. The minimum Gasteiger partial charge on any atom is -0.349 e. The zero-order valence-corrected chi connectivity index (χ0v) is 16.2. The van der Waals surface area contributed by atoms with Gasteiger partial charge in [-0.05, 0) is 6.42 Å². The molecule has 1 aromatic rings. The van der Waals surface area contributed by atoms with Crippen LogP contribution >= 0.6 is 0 Å². The highest BCUT2D eigenvalue weighted by molar-refractivity contribution is 7.79. The Morgan fingerprint density at radius 3 is 1.73 bits per heavy atom. The van der Waals surface area contributed by atoms with Crippen molar-refractivity contribution in [2.75, 3.05) is 0 Å². The molecule has 0 aliphatic carbocycles. The lowest BCUT2D eigenvalue weighted by Crippen LogP contribution is -1.89. The van der Waals surface area contributed by atoms with Crippen LogP contribution in [0.3, 0.4) is 0 Å². The summed E-state index contributed by atoms with van der Waals surface area (Å²) in [5, 5.41) is 14.5. The molecular weight excluding hydrogens is 356 g/mol. The lowest BCUT2D eigenvalue weighted by molar-refractivity contribution is 0.381. The highest BCUT2D eigenvalue weighted by Crippen LogP contribution is 2.11. The number of nitriles is 2. The van der Waals surface area contributed by atoms with Crippen molar-refractivity contribution in [2.45, 2.75) is 77.6 Å². The Balaban J connectivity index is 0. The van der Waals surface area contributed by atoms with Crippen LogP contribution in [0.2, 0.25) is 0 Å². The number of nitrogens with one attached hydrogen (secondary N) is 1. The first-order valence-electron chi connectivity index (χ1n) is 8.81. The van der Waals surface area contributed by atoms with E-state index in [1.54, 1.807) is 0 Å². The van der Waals surface area contributed by atoms with Crippen molar-refractivity contribution < 1.29 is 17.5 Å². The van der Waals surface area contributed by atoms with E-state index >= 15 is 0 Å². The Kier molecular flexibility index (Phi) is 19.6. The Labute approximate surface area is 156 Å². The molecule has 0 aliphatic rings.